The molecule has 190 valence electrons. The first-order chi connectivity index (χ1) is 17.2. The highest BCUT2D eigenvalue weighted by molar-refractivity contribution is 5.98. The molecule has 3 amide bonds. The summed E-state index contributed by atoms with van der Waals surface area (Å²) in [6, 6.07) is 12.1. The van der Waals surface area contributed by atoms with E-state index in [1.54, 1.807) is 4.90 Å². The number of piperidine rings is 1. The Morgan fingerprint density at radius 2 is 1.75 bits per heavy atom. The molecular weight excluding hydrogens is 477 g/mol. The number of fused-ring (bicyclic) bond motifs is 1. The summed E-state index contributed by atoms with van der Waals surface area (Å²) in [6.45, 7) is 2.15. The monoisotopic (exact) mass is 502 g/mol. The summed E-state index contributed by atoms with van der Waals surface area (Å²) in [5.74, 6) is -0.392. The minimum absolute atomic E-state index is 0.0312. The number of morpholine rings is 1. The third-order valence-corrected chi connectivity index (χ3v) is 6.64. The summed E-state index contributed by atoms with van der Waals surface area (Å²) >= 11 is 0. The number of nitrogens with zero attached hydrogens (tertiary/aromatic N) is 2. The van der Waals surface area contributed by atoms with Crippen LogP contribution in [-0.2, 0) is 4.74 Å². The maximum atomic E-state index is 13.0. The average Bonchev–Trinajstić information content (AvgIpc) is 3.32. The molecule has 36 heavy (non-hydrogen) atoms. The van der Waals surface area contributed by atoms with E-state index < -0.39 is 12.0 Å². The Bertz CT molecular complexity index is 1250. The van der Waals surface area contributed by atoms with Crippen molar-refractivity contribution in [2.75, 3.05) is 38.1 Å². The number of H-pyrrole nitrogens is 1. The van der Waals surface area contributed by atoms with Crippen LogP contribution in [0.5, 0.6) is 5.75 Å². The van der Waals surface area contributed by atoms with Crippen molar-refractivity contribution in [2.24, 2.45) is 0 Å². The first kappa shape index (κ1) is 24.0. The number of urea groups is 1. The lowest BCUT2D eigenvalue weighted by atomic mass is 9.89. The molecule has 2 aliphatic heterocycles. The molecule has 0 atom stereocenters. The van der Waals surface area contributed by atoms with Crippen molar-refractivity contribution in [3.63, 3.8) is 0 Å². The van der Waals surface area contributed by atoms with Crippen LogP contribution in [0, 0.1) is 0 Å². The van der Waals surface area contributed by atoms with E-state index in [0.717, 1.165) is 23.0 Å². The molecule has 0 saturated carbocycles. The van der Waals surface area contributed by atoms with Crippen LogP contribution >= 0.6 is 0 Å². The molecule has 8 nitrogen and oxygen atoms in total. The zero-order valence-corrected chi connectivity index (χ0v) is 19.3. The standard InChI is InChI=1S/C25H25F3N4O4/c26-25(27,28)36-20-4-2-19(3-5-20)30-23(34)32-13-14-35-24(16-32)8-11-31(12-9-24)22(33)18-1-6-21-17(15-18)7-10-29-21/h1-7,10,15,29H,8-9,11-14,16H2,(H,30,34). The quantitative estimate of drug-likeness (QED) is 0.548. The number of ether oxygens (including phenoxy) is 2. The molecule has 1 spiro atoms. The molecule has 0 aliphatic carbocycles. The van der Waals surface area contributed by atoms with E-state index >= 15 is 0 Å². The van der Waals surface area contributed by atoms with Gasteiger partial charge in [-0.15, -0.1) is 13.2 Å². The van der Waals surface area contributed by atoms with E-state index in [2.05, 4.69) is 15.0 Å². The lowest BCUT2D eigenvalue weighted by molar-refractivity contribution is -0.274. The molecule has 11 heteroatoms. The van der Waals surface area contributed by atoms with Crippen molar-refractivity contribution in [1.29, 1.82) is 0 Å². The van der Waals surface area contributed by atoms with Crippen molar-refractivity contribution >= 4 is 28.5 Å². The van der Waals surface area contributed by atoms with Gasteiger partial charge < -0.3 is 29.6 Å². The fraction of sp³-hybridized carbons (Fsp3) is 0.360. The number of likely N-dealkylation sites (tertiary alicyclic amines) is 1. The van der Waals surface area contributed by atoms with Gasteiger partial charge in [-0.05, 0) is 61.4 Å². The normalized spacial score (nSPS) is 17.9. The summed E-state index contributed by atoms with van der Waals surface area (Å²) in [5, 5.41) is 3.69. The van der Waals surface area contributed by atoms with Crippen molar-refractivity contribution in [1.82, 2.24) is 14.8 Å². The van der Waals surface area contributed by atoms with Gasteiger partial charge in [0.25, 0.3) is 5.91 Å². The highest BCUT2D eigenvalue weighted by atomic mass is 19.4. The van der Waals surface area contributed by atoms with Gasteiger partial charge >= 0.3 is 12.4 Å². The number of benzene rings is 2. The maximum Gasteiger partial charge on any atom is 0.573 e. The van der Waals surface area contributed by atoms with Gasteiger partial charge in [0, 0.05) is 48.0 Å². The van der Waals surface area contributed by atoms with E-state index in [1.165, 1.54) is 12.1 Å². The SMILES string of the molecule is O=C(Nc1ccc(OC(F)(F)F)cc1)N1CCOC2(CCN(C(=O)c3ccc4[nH]ccc4c3)CC2)C1. The summed E-state index contributed by atoms with van der Waals surface area (Å²) in [5.41, 5.74) is 1.43. The predicted octanol–water partition coefficient (Wildman–Crippen LogP) is 4.61. The third kappa shape index (κ3) is 5.25. The molecule has 2 N–H and O–H groups in total. The Balaban J connectivity index is 1.17. The Labute approximate surface area is 204 Å². The third-order valence-electron chi connectivity index (χ3n) is 6.64. The molecular formula is C25H25F3N4O4. The van der Waals surface area contributed by atoms with Gasteiger partial charge in [-0.1, -0.05) is 0 Å². The number of carbonyl (C=O) groups excluding carboxylic acids is 2. The van der Waals surface area contributed by atoms with Crippen LogP contribution in [0.4, 0.5) is 23.7 Å². The number of aromatic amines is 1. The number of amides is 3. The van der Waals surface area contributed by atoms with E-state index in [9.17, 15) is 22.8 Å². The lowest BCUT2D eigenvalue weighted by Gasteiger charge is -2.47. The second kappa shape index (κ2) is 9.38. The van der Waals surface area contributed by atoms with Crippen LogP contribution < -0.4 is 10.1 Å². The number of hydrogen-bond donors (Lipinski definition) is 2. The topological polar surface area (TPSA) is 86.9 Å². The minimum Gasteiger partial charge on any atom is -0.406 e. The Kier molecular flexibility index (Phi) is 6.25. The lowest BCUT2D eigenvalue weighted by Crippen LogP contribution is -2.59. The number of anilines is 1. The summed E-state index contributed by atoms with van der Waals surface area (Å²) in [6.07, 6.45) is -1.75. The molecule has 1 aromatic heterocycles. The van der Waals surface area contributed by atoms with Gasteiger partial charge in [-0.2, -0.15) is 0 Å². The van der Waals surface area contributed by atoms with Crippen LogP contribution in [0.3, 0.4) is 0 Å². The van der Waals surface area contributed by atoms with E-state index in [1.807, 2.05) is 35.4 Å². The van der Waals surface area contributed by atoms with Gasteiger partial charge in [0.2, 0.25) is 0 Å². The molecule has 0 bridgehead atoms. The molecule has 2 aliphatic rings. The molecule has 3 heterocycles. The van der Waals surface area contributed by atoms with Crippen molar-refractivity contribution < 1.29 is 32.2 Å². The Hall–Kier alpha value is -3.73. The van der Waals surface area contributed by atoms with Gasteiger partial charge in [-0.25, -0.2) is 4.79 Å². The number of halogens is 3. The number of alkyl halides is 3. The average molecular weight is 502 g/mol. The Morgan fingerprint density at radius 1 is 1.00 bits per heavy atom. The van der Waals surface area contributed by atoms with Gasteiger partial charge in [0.15, 0.2) is 0 Å². The van der Waals surface area contributed by atoms with E-state index in [4.69, 9.17) is 4.74 Å². The second-order valence-corrected chi connectivity index (χ2v) is 9.03. The first-order valence-corrected chi connectivity index (χ1v) is 11.6. The molecule has 0 unspecified atom stereocenters. The number of carbonyl (C=O) groups is 2. The highest BCUT2D eigenvalue weighted by Crippen LogP contribution is 2.31. The minimum atomic E-state index is -4.77. The molecule has 3 aromatic rings. The van der Waals surface area contributed by atoms with Crippen molar-refractivity contribution in [3.8, 4) is 5.75 Å². The number of rotatable bonds is 3. The molecule has 5 rings (SSSR count). The van der Waals surface area contributed by atoms with E-state index in [0.29, 0.717) is 56.9 Å². The summed E-state index contributed by atoms with van der Waals surface area (Å²) in [4.78, 5) is 32.4. The van der Waals surface area contributed by atoms with Gasteiger partial charge in [-0.3, -0.25) is 4.79 Å². The van der Waals surface area contributed by atoms with Crippen LogP contribution in [0.2, 0.25) is 0 Å². The molecule has 0 radical (unpaired) electrons. The predicted molar refractivity (Wildman–Crippen MR) is 126 cm³/mol. The molecule has 2 aromatic carbocycles. The largest absolute Gasteiger partial charge is 0.573 e. The van der Waals surface area contributed by atoms with E-state index in [-0.39, 0.29) is 17.7 Å². The number of aromatic nitrogens is 1. The fourth-order valence-electron chi connectivity index (χ4n) is 4.75. The Morgan fingerprint density at radius 3 is 2.47 bits per heavy atom. The second-order valence-electron chi connectivity index (χ2n) is 9.03. The summed E-state index contributed by atoms with van der Waals surface area (Å²) in [7, 11) is 0. The zero-order chi connectivity index (χ0) is 25.3. The fourth-order valence-corrected chi connectivity index (χ4v) is 4.75. The van der Waals surface area contributed by atoms with Crippen molar-refractivity contribution in [3.05, 3.63) is 60.3 Å². The van der Waals surface area contributed by atoms with Crippen LogP contribution in [0.25, 0.3) is 10.9 Å². The molecule has 2 saturated heterocycles. The maximum absolute atomic E-state index is 13.0. The van der Waals surface area contributed by atoms with Crippen molar-refractivity contribution in [2.45, 2.75) is 24.8 Å². The van der Waals surface area contributed by atoms with Crippen LogP contribution in [-0.4, -0.2) is 71.5 Å². The summed E-state index contributed by atoms with van der Waals surface area (Å²) < 4.78 is 46.9. The van der Waals surface area contributed by atoms with Crippen LogP contribution in [0.15, 0.2) is 54.7 Å². The number of nitrogens with one attached hydrogen (secondary N) is 2. The van der Waals surface area contributed by atoms with Crippen LogP contribution in [0.1, 0.15) is 23.2 Å². The first-order valence-electron chi connectivity index (χ1n) is 11.6. The van der Waals surface area contributed by atoms with Gasteiger partial charge in [0.1, 0.15) is 5.75 Å². The van der Waals surface area contributed by atoms with Gasteiger partial charge in [0.05, 0.1) is 18.8 Å². The zero-order valence-electron chi connectivity index (χ0n) is 19.3. The smallest absolute Gasteiger partial charge is 0.406 e. The molecule has 2 fully saturated rings. The number of hydrogen-bond acceptors (Lipinski definition) is 4. The highest BCUT2D eigenvalue weighted by Gasteiger charge is 2.42.